The summed E-state index contributed by atoms with van der Waals surface area (Å²) in [7, 11) is -1.60. The largest absolute Gasteiger partial charge is 0.376 e. The Morgan fingerprint density at radius 2 is 1.75 bits per heavy atom. The topological polar surface area (TPSA) is 80.6 Å². The summed E-state index contributed by atoms with van der Waals surface area (Å²) in [5.41, 5.74) is 2.24. The van der Waals surface area contributed by atoms with E-state index in [2.05, 4.69) is 40.0 Å². The number of aryl methyl sites for hydroxylation is 1. The minimum atomic E-state index is -3.33. The molecule has 2 heterocycles. The van der Waals surface area contributed by atoms with Crippen LogP contribution in [0.3, 0.4) is 0 Å². The van der Waals surface area contributed by atoms with Gasteiger partial charge in [-0.05, 0) is 49.7 Å². The van der Waals surface area contributed by atoms with Crippen molar-refractivity contribution >= 4 is 15.7 Å². The average molecular weight is 460 g/mol. The highest BCUT2D eigenvalue weighted by Crippen LogP contribution is 2.34. The van der Waals surface area contributed by atoms with E-state index < -0.39 is 10.0 Å². The molecule has 1 saturated carbocycles. The van der Waals surface area contributed by atoms with Crippen molar-refractivity contribution < 1.29 is 13.2 Å². The lowest BCUT2D eigenvalue weighted by atomic mass is 9.83. The van der Waals surface area contributed by atoms with Crippen molar-refractivity contribution in [2.75, 3.05) is 24.3 Å². The van der Waals surface area contributed by atoms with Gasteiger partial charge in [-0.2, -0.15) is 0 Å². The van der Waals surface area contributed by atoms with Crippen molar-refractivity contribution in [3.8, 4) is 0 Å². The highest BCUT2D eigenvalue weighted by atomic mass is 32.2. The molecule has 1 aromatic heterocycles. The van der Waals surface area contributed by atoms with Crippen LogP contribution < -0.4 is 15.2 Å². The summed E-state index contributed by atoms with van der Waals surface area (Å²) in [5.74, 6) is 0.587. The molecule has 0 radical (unpaired) electrons. The zero-order chi connectivity index (χ0) is 22.7. The first-order valence-electron chi connectivity index (χ1n) is 11.4. The van der Waals surface area contributed by atoms with Crippen LogP contribution in [0.25, 0.3) is 0 Å². The van der Waals surface area contributed by atoms with Crippen molar-refractivity contribution in [2.45, 2.75) is 56.2 Å². The first-order valence-corrected chi connectivity index (χ1v) is 13.3. The monoisotopic (exact) mass is 459 g/mol. The zero-order valence-electron chi connectivity index (χ0n) is 18.8. The predicted octanol–water partition coefficient (Wildman–Crippen LogP) is 2.62. The van der Waals surface area contributed by atoms with Gasteiger partial charge in [0.1, 0.15) is 0 Å². The molecule has 7 nitrogen and oxygen atoms in total. The molecule has 1 aliphatic carbocycles. The van der Waals surface area contributed by atoms with Crippen molar-refractivity contribution in [1.82, 2.24) is 9.29 Å². The molecule has 0 unspecified atom stereocenters. The van der Waals surface area contributed by atoms with E-state index in [-0.39, 0.29) is 23.7 Å². The number of aromatic nitrogens is 1. The van der Waals surface area contributed by atoms with Gasteiger partial charge in [-0.1, -0.05) is 30.3 Å². The average Bonchev–Trinajstić information content (AvgIpc) is 3.16. The van der Waals surface area contributed by atoms with Crippen molar-refractivity contribution in [2.24, 2.45) is 7.05 Å². The first-order chi connectivity index (χ1) is 15.3. The third-order valence-corrected chi connectivity index (χ3v) is 7.49. The first kappa shape index (κ1) is 23.0. The molecule has 32 heavy (non-hydrogen) atoms. The van der Waals surface area contributed by atoms with Crippen LogP contribution >= 0.6 is 0 Å². The molecule has 1 aromatic carbocycles. The molecule has 2 fully saturated rings. The van der Waals surface area contributed by atoms with Gasteiger partial charge >= 0.3 is 0 Å². The molecule has 0 spiro atoms. The van der Waals surface area contributed by atoms with E-state index in [4.69, 9.17) is 4.74 Å². The minimum Gasteiger partial charge on any atom is -0.376 e. The smallest absolute Gasteiger partial charge is 0.250 e. The fourth-order valence-corrected chi connectivity index (χ4v) is 5.89. The fraction of sp³-hybridized carbons (Fsp3) is 0.542. The second kappa shape index (κ2) is 9.77. The fourth-order valence-electron chi connectivity index (χ4n) is 5.06. The van der Waals surface area contributed by atoms with Gasteiger partial charge in [0.15, 0.2) is 0 Å². The van der Waals surface area contributed by atoms with E-state index in [0.717, 1.165) is 31.4 Å². The lowest BCUT2D eigenvalue weighted by Crippen LogP contribution is -2.48. The number of nitrogens with zero attached hydrogens (tertiary/aromatic N) is 2. The van der Waals surface area contributed by atoms with Crippen LogP contribution in [0.5, 0.6) is 0 Å². The summed E-state index contributed by atoms with van der Waals surface area (Å²) in [6, 6.07) is 13.7. The Hall–Kier alpha value is -2.16. The van der Waals surface area contributed by atoms with Gasteiger partial charge in [0.25, 0.3) is 0 Å². The maximum Gasteiger partial charge on any atom is 0.250 e. The summed E-state index contributed by atoms with van der Waals surface area (Å²) in [5, 5.41) is 0. The Balaban J connectivity index is 1.42. The van der Waals surface area contributed by atoms with Gasteiger partial charge in [0.05, 0.1) is 30.7 Å². The molecule has 0 bridgehead atoms. The van der Waals surface area contributed by atoms with Gasteiger partial charge in [0, 0.05) is 31.9 Å². The summed E-state index contributed by atoms with van der Waals surface area (Å²) < 4.78 is 34.6. The lowest BCUT2D eigenvalue weighted by molar-refractivity contribution is 0.0157. The molecule has 1 aliphatic heterocycles. The summed E-state index contributed by atoms with van der Waals surface area (Å²) in [6.45, 7) is 1.16. The minimum absolute atomic E-state index is 0.0678. The van der Waals surface area contributed by atoms with Crippen LogP contribution in [0.1, 0.15) is 43.6 Å². The molecule has 4 rings (SSSR count). The third-order valence-electron chi connectivity index (χ3n) is 6.76. The van der Waals surface area contributed by atoms with Crippen LogP contribution in [-0.4, -0.2) is 50.6 Å². The number of hydrogen-bond donors (Lipinski definition) is 1. The summed E-state index contributed by atoms with van der Waals surface area (Å²) in [4.78, 5) is 14.0. The predicted molar refractivity (Wildman–Crippen MR) is 127 cm³/mol. The maximum absolute atomic E-state index is 11.9. The normalized spacial score (nSPS) is 26.4. The van der Waals surface area contributed by atoms with Gasteiger partial charge in [0.2, 0.25) is 15.6 Å². The van der Waals surface area contributed by atoms with E-state index in [1.165, 1.54) is 11.8 Å². The molecule has 2 atom stereocenters. The molecule has 1 saturated heterocycles. The molecule has 8 heteroatoms. The zero-order valence-corrected chi connectivity index (χ0v) is 19.6. The number of benzene rings is 1. The second-order valence-electron chi connectivity index (χ2n) is 9.10. The summed E-state index contributed by atoms with van der Waals surface area (Å²) >= 11 is 0. The second-order valence-corrected chi connectivity index (χ2v) is 10.9. The van der Waals surface area contributed by atoms with Crippen LogP contribution in [0.4, 0.5) is 5.69 Å². The Bertz CT molecular complexity index is 1060. The number of rotatable bonds is 7. The highest BCUT2D eigenvalue weighted by Gasteiger charge is 2.37. The molecular weight excluding hydrogens is 426 g/mol. The van der Waals surface area contributed by atoms with E-state index in [1.807, 2.05) is 12.3 Å². The molecule has 174 valence electrons. The molecule has 2 aromatic rings. The summed E-state index contributed by atoms with van der Waals surface area (Å²) in [6.07, 6.45) is 8.13. The van der Waals surface area contributed by atoms with Crippen LogP contribution in [0, 0.1) is 0 Å². The van der Waals surface area contributed by atoms with E-state index in [1.54, 1.807) is 17.7 Å². The van der Waals surface area contributed by atoms with Crippen LogP contribution in [0.15, 0.2) is 53.5 Å². The van der Waals surface area contributed by atoms with Crippen molar-refractivity contribution in [1.29, 1.82) is 0 Å². The third kappa shape index (κ3) is 5.60. The standard InChI is InChI=1S/C24H33N3O4S/c1-26-16-20(10-13-24(26)28)27-15-14-22(25-32(2,29)30)23(27)17-31-21-11-8-19(9-12-21)18-6-4-3-5-7-18/h3-7,10,13,16,19,21-23,25H,8-9,11-12,14-15,17H2,1-2H3/t19-,21+,22-,23-/m0/s1. The van der Waals surface area contributed by atoms with Gasteiger partial charge in [-0.3, -0.25) is 4.79 Å². The van der Waals surface area contributed by atoms with Gasteiger partial charge in [-0.25, -0.2) is 13.1 Å². The number of hydrogen-bond acceptors (Lipinski definition) is 5. The SMILES string of the molecule is Cn1cc(N2CC[C@H](NS(C)(=O)=O)[C@@H]2CO[C@H]2CC[C@@H](c3ccccc3)CC2)ccc1=O. The number of ether oxygens (including phenoxy) is 1. The lowest BCUT2D eigenvalue weighted by Gasteiger charge is -2.33. The number of pyridine rings is 1. The number of sulfonamides is 1. The maximum atomic E-state index is 11.9. The molecule has 1 N–H and O–H groups in total. The highest BCUT2D eigenvalue weighted by molar-refractivity contribution is 7.88. The van der Waals surface area contributed by atoms with Gasteiger partial charge in [-0.15, -0.1) is 0 Å². The van der Waals surface area contributed by atoms with Crippen molar-refractivity contribution in [3.63, 3.8) is 0 Å². The van der Waals surface area contributed by atoms with Crippen LogP contribution in [0.2, 0.25) is 0 Å². The van der Waals surface area contributed by atoms with Crippen molar-refractivity contribution in [3.05, 3.63) is 64.6 Å². The van der Waals surface area contributed by atoms with E-state index >= 15 is 0 Å². The van der Waals surface area contributed by atoms with Gasteiger partial charge < -0.3 is 14.2 Å². The molecule has 2 aliphatic rings. The Labute approximate surface area is 190 Å². The number of anilines is 1. The van der Waals surface area contributed by atoms with E-state index in [0.29, 0.717) is 25.5 Å². The Morgan fingerprint density at radius 1 is 1.03 bits per heavy atom. The quantitative estimate of drug-likeness (QED) is 0.689. The van der Waals surface area contributed by atoms with Crippen LogP contribution in [-0.2, 0) is 21.8 Å². The number of nitrogens with one attached hydrogen (secondary N) is 1. The van der Waals surface area contributed by atoms with E-state index in [9.17, 15) is 13.2 Å². The molecular formula is C24H33N3O4S. The Kier molecular flexibility index (Phi) is 7.02. The molecule has 0 amide bonds. The Morgan fingerprint density at radius 3 is 2.41 bits per heavy atom.